The molecule has 0 aromatic rings. The lowest BCUT2D eigenvalue weighted by atomic mass is 10.0. The smallest absolute Gasteiger partial charge is 0.146 e. The lowest BCUT2D eigenvalue weighted by Crippen LogP contribution is -2.14. The third-order valence-corrected chi connectivity index (χ3v) is 2.21. The number of aliphatic hydroxyl groups excluding tert-OH is 1. The first kappa shape index (κ1) is 13.5. The van der Waals surface area contributed by atoms with Crippen LogP contribution < -0.4 is 11.5 Å². The Morgan fingerprint density at radius 2 is 1.79 bits per heavy atom. The molecule has 0 heterocycles. The Hall–Kier alpha value is -0.450. The Bertz CT molecular complexity index is 151. The van der Waals surface area contributed by atoms with Crippen LogP contribution in [0.25, 0.3) is 0 Å². The minimum Gasteiger partial charge on any atom is -0.393 e. The standard InChI is InChI=1S/C10H22N2O2/c11-7-2-1-4-9(13)5-3-6-10(14)8-12/h9,13H,1-8,11-12H2. The molecule has 4 heteroatoms. The van der Waals surface area contributed by atoms with E-state index in [2.05, 4.69) is 0 Å². The molecule has 0 aliphatic rings. The van der Waals surface area contributed by atoms with Gasteiger partial charge in [0, 0.05) is 6.42 Å². The average Bonchev–Trinajstić information content (AvgIpc) is 2.18. The number of carbonyl (C=O) groups excluding carboxylic acids is 1. The Morgan fingerprint density at radius 1 is 1.14 bits per heavy atom. The third-order valence-electron chi connectivity index (χ3n) is 2.21. The highest BCUT2D eigenvalue weighted by molar-refractivity contribution is 5.80. The van der Waals surface area contributed by atoms with Gasteiger partial charge in [0.2, 0.25) is 0 Å². The van der Waals surface area contributed by atoms with Gasteiger partial charge in [-0.25, -0.2) is 0 Å². The highest BCUT2D eigenvalue weighted by Crippen LogP contribution is 2.08. The van der Waals surface area contributed by atoms with Gasteiger partial charge in [0.05, 0.1) is 12.6 Å². The molecule has 14 heavy (non-hydrogen) atoms. The molecule has 1 unspecified atom stereocenters. The second kappa shape index (κ2) is 9.12. The molecular formula is C10H22N2O2. The molecular weight excluding hydrogens is 180 g/mol. The summed E-state index contributed by atoms with van der Waals surface area (Å²) in [6.07, 6.45) is 4.34. The first-order valence-electron chi connectivity index (χ1n) is 5.30. The van der Waals surface area contributed by atoms with Gasteiger partial charge in [0.15, 0.2) is 0 Å². The summed E-state index contributed by atoms with van der Waals surface area (Å²) in [6, 6.07) is 0. The Morgan fingerprint density at radius 3 is 2.36 bits per heavy atom. The zero-order valence-corrected chi connectivity index (χ0v) is 8.74. The van der Waals surface area contributed by atoms with E-state index in [1.165, 1.54) is 0 Å². The average molecular weight is 202 g/mol. The van der Waals surface area contributed by atoms with E-state index in [9.17, 15) is 9.90 Å². The minimum atomic E-state index is -0.285. The van der Waals surface area contributed by atoms with Gasteiger partial charge in [-0.2, -0.15) is 0 Å². The topological polar surface area (TPSA) is 89.3 Å². The van der Waals surface area contributed by atoms with Crippen LogP contribution >= 0.6 is 0 Å². The number of nitrogens with two attached hydrogens (primary N) is 2. The second-order valence-corrected chi connectivity index (χ2v) is 3.57. The summed E-state index contributed by atoms with van der Waals surface area (Å²) in [5.74, 6) is 0.0687. The summed E-state index contributed by atoms with van der Waals surface area (Å²) in [5.41, 5.74) is 10.5. The Balaban J connectivity index is 3.26. The lowest BCUT2D eigenvalue weighted by molar-refractivity contribution is -0.117. The highest BCUT2D eigenvalue weighted by Gasteiger charge is 2.05. The van der Waals surface area contributed by atoms with Crippen molar-refractivity contribution in [1.29, 1.82) is 0 Å². The fourth-order valence-corrected chi connectivity index (χ4v) is 1.31. The monoisotopic (exact) mass is 202 g/mol. The normalized spacial score (nSPS) is 12.8. The molecule has 0 spiro atoms. The Labute approximate surface area is 85.7 Å². The van der Waals surface area contributed by atoms with Gasteiger partial charge < -0.3 is 16.6 Å². The molecule has 0 aromatic heterocycles. The van der Waals surface area contributed by atoms with E-state index in [4.69, 9.17) is 11.5 Å². The largest absolute Gasteiger partial charge is 0.393 e. The molecule has 4 nitrogen and oxygen atoms in total. The van der Waals surface area contributed by atoms with Crippen molar-refractivity contribution < 1.29 is 9.90 Å². The van der Waals surface area contributed by atoms with Gasteiger partial charge in [0.25, 0.3) is 0 Å². The number of rotatable bonds is 9. The van der Waals surface area contributed by atoms with E-state index in [0.29, 0.717) is 19.4 Å². The van der Waals surface area contributed by atoms with Crippen LogP contribution in [0.5, 0.6) is 0 Å². The minimum absolute atomic E-state index is 0.0687. The molecule has 0 radical (unpaired) electrons. The fraction of sp³-hybridized carbons (Fsp3) is 0.900. The number of hydrogen-bond acceptors (Lipinski definition) is 4. The highest BCUT2D eigenvalue weighted by atomic mass is 16.3. The van der Waals surface area contributed by atoms with E-state index in [1.807, 2.05) is 0 Å². The second-order valence-electron chi connectivity index (χ2n) is 3.57. The quantitative estimate of drug-likeness (QED) is 0.465. The van der Waals surface area contributed by atoms with Crippen LogP contribution in [0.3, 0.4) is 0 Å². The maximum atomic E-state index is 10.8. The number of Topliss-reactive ketones (excluding diaryl/α,β-unsaturated/α-hetero) is 1. The van der Waals surface area contributed by atoms with Gasteiger partial charge in [-0.1, -0.05) is 0 Å². The summed E-state index contributed by atoms with van der Waals surface area (Å²) in [5, 5.41) is 9.48. The Kier molecular flexibility index (Phi) is 8.83. The number of hydrogen-bond donors (Lipinski definition) is 3. The lowest BCUT2D eigenvalue weighted by Gasteiger charge is -2.08. The van der Waals surface area contributed by atoms with Gasteiger partial charge in [-0.15, -0.1) is 0 Å². The number of aliphatic hydroxyl groups is 1. The van der Waals surface area contributed by atoms with E-state index in [0.717, 1.165) is 25.7 Å². The van der Waals surface area contributed by atoms with Crippen LogP contribution in [0, 0.1) is 0 Å². The predicted molar refractivity (Wildman–Crippen MR) is 56.8 cm³/mol. The molecule has 0 aliphatic heterocycles. The van der Waals surface area contributed by atoms with Crippen LogP contribution in [0.15, 0.2) is 0 Å². The van der Waals surface area contributed by atoms with Crippen LogP contribution in [-0.2, 0) is 4.79 Å². The summed E-state index contributed by atoms with van der Waals surface area (Å²) >= 11 is 0. The SMILES string of the molecule is NCCCCC(O)CCCC(=O)CN. The van der Waals surface area contributed by atoms with Crippen LogP contribution in [0.1, 0.15) is 38.5 Å². The molecule has 1 atom stereocenters. The zero-order valence-electron chi connectivity index (χ0n) is 8.74. The van der Waals surface area contributed by atoms with Crippen LogP contribution in [0.2, 0.25) is 0 Å². The van der Waals surface area contributed by atoms with Crippen LogP contribution in [-0.4, -0.2) is 30.1 Å². The van der Waals surface area contributed by atoms with Gasteiger partial charge in [-0.3, -0.25) is 4.79 Å². The van der Waals surface area contributed by atoms with Gasteiger partial charge in [0.1, 0.15) is 5.78 Å². The van der Waals surface area contributed by atoms with Crippen molar-refractivity contribution in [2.24, 2.45) is 11.5 Å². The maximum Gasteiger partial charge on any atom is 0.146 e. The molecule has 0 saturated carbocycles. The predicted octanol–water partition coefficient (Wildman–Crippen LogP) is 0.174. The summed E-state index contributed by atoms with van der Waals surface area (Å²) in [4.78, 5) is 10.8. The molecule has 0 fully saturated rings. The van der Waals surface area contributed by atoms with Crippen molar-refractivity contribution in [2.45, 2.75) is 44.6 Å². The van der Waals surface area contributed by atoms with Crippen molar-refractivity contribution in [3.05, 3.63) is 0 Å². The van der Waals surface area contributed by atoms with Gasteiger partial charge in [-0.05, 0) is 38.6 Å². The van der Waals surface area contributed by atoms with Crippen molar-refractivity contribution in [2.75, 3.05) is 13.1 Å². The molecule has 0 aromatic carbocycles. The van der Waals surface area contributed by atoms with E-state index < -0.39 is 0 Å². The third kappa shape index (κ3) is 8.16. The maximum absolute atomic E-state index is 10.8. The van der Waals surface area contributed by atoms with E-state index >= 15 is 0 Å². The first-order chi connectivity index (χ1) is 6.70. The van der Waals surface area contributed by atoms with Crippen molar-refractivity contribution in [3.63, 3.8) is 0 Å². The van der Waals surface area contributed by atoms with Crippen molar-refractivity contribution in [1.82, 2.24) is 0 Å². The molecule has 0 aliphatic carbocycles. The molecule has 0 bridgehead atoms. The molecule has 0 saturated heterocycles. The molecule has 84 valence electrons. The summed E-state index contributed by atoms with van der Waals surface area (Å²) in [7, 11) is 0. The van der Waals surface area contributed by atoms with Crippen molar-refractivity contribution >= 4 is 5.78 Å². The van der Waals surface area contributed by atoms with Gasteiger partial charge >= 0.3 is 0 Å². The summed E-state index contributed by atoms with van der Waals surface area (Å²) < 4.78 is 0. The van der Waals surface area contributed by atoms with Crippen molar-refractivity contribution in [3.8, 4) is 0 Å². The fourth-order valence-electron chi connectivity index (χ4n) is 1.31. The molecule has 0 amide bonds. The molecule has 0 rings (SSSR count). The summed E-state index contributed by atoms with van der Waals surface area (Å²) in [6.45, 7) is 0.793. The number of ketones is 1. The van der Waals surface area contributed by atoms with Crippen LogP contribution in [0.4, 0.5) is 0 Å². The molecule has 5 N–H and O–H groups in total. The van der Waals surface area contributed by atoms with E-state index in [-0.39, 0.29) is 18.4 Å². The number of unbranched alkanes of at least 4 members (excludes halogenated alkanes) is 1. The zero-order chi connectivity index (χ0) is 10.8. The first-order valence-corrected chi connectivity index (χ1v) is 5.30. The number of carbonyl (C=O) groups is 1. The van der Waals surface area contributed by atoms with E-state index in [1.54, 1.807) is 0 Å².